The van der Waals surface area contributed by atoms with E-state index in [4.69, 9.17) is 16.3 Å². The van der Waals surface area contributed by atoms with Gasteiger partial charge in [0.2, 0.25) is 5.91 Å². The van der Waals surface area contributed by atoms with Gasteiger partial charge in [0, 0.05) is 30.7 Å². The Labute approximate surface area is 191 Å². The normalized spacial score (nSPS) is 24.4. The Kier molecular flexibility index (Phi) is 7.87. The highest BCUT2D eigenvalue weighted by molar-refractivity contribution is 6.30. The number of hydrogen-bond donors (Lipinski definition) is 1. The Balaban J connectivity index is 1.64. The van der Waals surface area contributed by atoms with E-state index in [2.05, 4.69) is 17.1 Å². The Morgan fingerprint density at radius 2 is 2.00 bits per heavy atom. The molecule has 1 aromatic carbocycles. The van der Waals surface area contributed by atoms with Crippen molar-refractivity contribution in [1.82, 2.24) is 15.1 Å². The molecule has 0 aromatic heterocycles. The van der Waals surface area contributed by atoms with Crippen LogP contribution in [-0.2, 0) is 16.1 Å². The van der Waals surface area contributed by atoms with E-state index in [1.54, 1.807) is 0 Å². The van der Waals surface area contributed by atoms with Crippen LogP contribution in [0.2, 0.25) is 5.02 Å². The molecule has 2 saturated heterocycles. The average Bonchev–Trinajstić information content (AvgIpc) is 3.32. The number of hydrogen-bond acceptors (Lipinski definition) is 4. The molecule has 0 spiro atoms. The number of carbonyl (C=O) groups is 2. The molecule has 3 rings (SSSR count). The van der Waals surface area contributed by atoms with Crippen molar-refractivity contribution in [2.24, 2.45) is 5.92 Å². The summed E-state index contributed by atoms with van der Waals surface area (Å²) in [5.74, 6) is 0.391. The number of rotatable bonds is 6. The molecule has 2 amide bonds. The molecule has 0 radical (unpaired) electrons. The summed E-state index contributed by atoms with van der Waals surface area (Å²) in [6.07, 6.45) is 3.64. The van der Waals surface area contributed by atoms with Crippen LogP contribution in [0.3, 0.4) is 0 Å². The van der Waals surface area contributed by atoms with Crippen LogP contribution in [0.25, 0.3) is 0 Å². The minimum Gasteiger partial charge on any atom is -0.444 e. The van der Waals surface area contributed by atoms with Crippen LogP contribution in [0.1, 0.15) is 58.9 Å². The summed E-state index contributed by atoms with van der Waals surface area (Å²) in [5.41, 5.74) is 0.485. The summed E-state index contributed by atoms with van der Waals surface area (Å²) in [7, 11) is 0. The molecule has 0 saturated carbocycles. The van der Waals surface area contributed by atoms with Crippen molar-refractivity contribution in [1.29, 1.82) is 0 Å². The molecule has 6 nitrogen and oxygen atoms in total. The Hall–Kier alpha value is -1.79. The van der Waals surface area contributed by atoms with E-state index in [-0.39, 0.29) is 24.1 Å². The zero-order valence-corrected chi connectivity index (χ0v) is 20.0. The fourth-order valence-corrected chi connectivity index (χ4v) is 4.95. The highest BCUT2D eigenvalue weighted by Gasteiger charge is 2.41. The van der Waals surface area contributed by atoms with E-state index in [9.17, 15) is 9.59 Å². The van der Waals surface area contributed by atoms with E-state index >= 15 is 0 Å². The largest absolute Gasteiger partial charge is 0.444 e. The zero-order chi connectivity index (χ0) is 22.6. The summed E-state index contributed by atoms with van der Waals surface area (Å²) < 4.78 is 5.61. The number of nitrogens with zero attached hydrogens (tertiary/aromatic N) is 2. The third kappa shape index (κ3) is 6.36. The van der Waals surface area contributed by atoms with E-state index in [0.717, 1.165) is 44.3 Å². The molecule has 1 N–H and O–H groups in total. The molecule has 1 unspecified atom stereocenters. The maximum Gasteiger partial charge on any atom is 0.410 e. The SMILES string of the molecule is CC[C@H]1CCN(CC2CCCN2C(=O)OC(C)(C)C)[C@@H]1C(=O)NCc1cccc(Cl)c1. The van der Waals surface area contributed by atoms with Crippen molar-refractivity contribution in [2.45, 2.75) is 77.6 Å². The maximum absolute atomic E-state index is 13.2. The Bertz CT molecular complexity index is 780. The third-order valence-corrected chi connectivity index (χ3v) is 6.46. The minimum absolute atomic E-state index is 0.0612. The first-order valence-electron chi connectivity index (χ1n) is 11.4. The summed E-state index contributed by atoms with van der Waals surface area (Å²) in [4.78, 5) is 30.0. The monoisotopic (exact) mass is 449 g/mol. The second-order valence-corrected chi connectivity index (χ2v) is 10.2. The van der Waals surface area contributed by atoms with Gasteiger partial charge in [-0.3, -0.25) is 9.69 Å². The van der Waals surface area contributed by atoms with Gasteiger partial charge in [0.25, 0.3) is 0 Å². The lowest BCUT2D eigenvalue weighted by atomic mass is 9.96. The molecule has 172 valence electrons. The van der Waals surface area contributed by atoms with Crippen molar-refractivity contribution in [3.05, 3.63) is 34.9 Å². The lowest BCUT2D eigenvalue weighted by Crippen LogP contribution is -2.51. The van der Waals surface area contributed by atoms with Crippen LogP contribution in [0.4, 0.5) is 4.79 Å². The fourth-order valence-electron chi connectivity index (χ4n) is 4.74. The Morgan fingerprint density at radius 1 is 1.23 bits per heavy atom. The lowest BCUT2D eigenvalue weighted by Gasteiger charge is -2.33. The highest BCUT2D eigenvalue weighted by atomic mass is 35.5. The first-order chi connectivity index (χ1) is 14.7. The second-order valence-electron chi connectivity index (χ2n) is 9.71. The summed E-state index contributed by atoms with van der Waals surface area (Å²) in [5, 5.41) is 3.78. The van der Waals surface area contributed by atoms with Crippen molar-refractivity contribution < 1.29 is 14.3 Å². The molecule has 2 aliphatic heterocycles. The molecule has 2 fully saturated rings. The minimum atomic E-state index is -0.506. The van der Waals surface area contributed by atoms with Crippen LogP contribution >= 0.6 is 11.6 Å². The van der Waals surface area contributed by atoms with Crippen molar-refractivity contribution in [3.8, 4) is 0 Å². The molecule has 0 aliphatic carbocycles. The van der Waals surface area contributed by atoms with Gasteiger partial charge in [-0.25, -0.2) is 4.79 Å². The smallest absolute Gasteiger partial charge is 0.410 e. The molecule has 1 aromatic rings. The van der Waals surface area contributed by atoms with Crippen molar-refractivity contribution in [2.75, 3.05) is 19.6 Å². The van der Waals surface area contributed by atoms with E-state index in [1.807, 2.05) is 49.9 Å². The fraction of sp³-hybridized carbons (Fsp3) is 0.667. The van der Waals surface area contributed by atoms with Gasteiger partial charge in [0.15, 0.2) is 0 Å². The molecule has 3 atom stereocenters. The topological polar surface area (TPSA) is 61.9 Å². The van der Waals surface area contributed by atoms with Crippen LogP contribution < -0.4 is 5.32 Å². The predicted octanol–water partition coefficient (Wildman–Crippen LogP) is 4.46. The van der Waals surface area contributed by atoms with E-state index in [1.165, 1.54) is 0 Å². The summed E-state index contributed by atoms with van der Waals surface area (Å²) in [6.45, 7) is 10.6. The van der Waals surface area contributed by atoms with Gasteiger partial charge in [-0.15, -0.1) is 0 Å². The molecule has 31 heavy (non-hydrogen) atoms. The second kappa shape index (κ2) is 10.2. The Morgan fingerprint density at radius 3 is 2.68 bits per heavy atom. The average molecular weight is 450 g/mol. The van der Waals surface area contributed by atoms with Crippen LogP contribution in [-0.4, -0.2) is 59.1 Å². The predicted molar refractivity (Wildman–Crippen MR) is 123 cm³/mol. The standard InChI is InChI=1S/C24H36ClN3O3/c1-5-18-11-13-27(16-20-10-7-12-28(20)23(30)31-24(2,3)4)21(18)22(29)26-15-17-8-6-9-19(25)14-17/h6,8-9,14,18,20-21H,5,7,10-13,15-16H2,1-4H3,(H,26,29)/t18-,20?,21-/m0/s1. The number of ether oxygens (including phenoxy) is 1. The van der Waals surface area contributed by atoms with Gasteiger partial charge < -0.3 is 15.0 Å². The highest BCUT2D eigenvalue weighted by Crippen LogP contribution is 2.30. The van der Waals surface area contributed by atoms with Gasteiger partial charge in [0.1, 0.15) is 5.60 Å². The number of likely N-dealkylation sites (tertiary alicyclic amines) is 2. The van der Waals surface area contributed by atoms with Crippen molar-refractivity contribution >= 4 is 23.6 Å². The number of halogens is 1. The van der Waals surface area contributed by atoms with Gasteiger partial charge in [0.05, 0.1) is 6.04 Å². The van der Waals surface area contributed by atoms with Gasteiger partial charge in [-0.1, -0.05) is 37.1 Å². The zero-order valence-electron chi connectivity index (χ0n) is 19.2. The molecule has 0 bridgehead atoms. The van der Waals surface area contributed by atoms with Gasteiger partial charge >= 0.3 is 6.09 Å². The van der Waals surface area contributed by atoms with Gasteiger partial charge in [-0.05, 0) is 70.2 Å². The van der Waals surface area contributed by atoms with Crippen LogP contribution in [0.5, 0.6) is 0 Å². The number of amides is 2. The number of benzene rings is 1. The van der Waals surface area contributed by atoms with Crippen molar-refractivity contribution in [3.63, 3.8) is 0 Å². The van der Waals surface area contributed by atoms with Gasteiger partial charge in [-0.2, -0.15) is 0 Å². The van der Waals surface area contributed by atoms with E-state index in [0.29, 0.717) is 24.0 Å². The first kappa shape index (κ1) is 23.9. The molecular weight excluding hydrogens is 414 g/mol. The maximum atomic E-state index is 13.2. The van der Waals surface area contributed by atoms with E-state index < -0.39 is 5.60 Å². The molecule has 2 heterocycles. The lowest BCUT2D eigenvalue weighted by molar-refractivity contribution is -0.127. The first-order valence-corrected chi connectivity index (χ1v) is 11.8. The summed E-state index contributed by atoms with van der Waals surface area (Å²) in [6, 6.07) is 7.50. The number of carbonyl (C=O) groups excluding carboxylic acids is 2. The quantitative estimate of drug-likeness (QED) is 0.696. The number of nitrogens with one attached hydrogen (secondary N) is 1. The molecule has 7 heteroatoms. The van der Waals surface area contributed by atoms with Crippen LogP contribution in [0, 0.1) is 5.92 Å². The molecule has 2 aliphatic rings. The van der Waals surface area contributed by atoms with Crippen LogP contribution in [0.15, 0.2) is 24.3 Å². The summed E-state index contributed by atoms with van der Waals surface area (Å²) >= 11 is 6.07. The third-order valence-electron chi connectivity index (χ3n) is 6.23. The molecular formula is C24H36ClN3O3.